The molecule has 1 aromatic rings. The predicted octanol–water partition coefficient (Wildman–Crippen LogP) is 3.48. The van der Waals surface area contributed by atoms with E-state index in [2.05, 4.69) is 36.1 Å². The van der Waals surface area contributed by atoms with Crippen LogP contribution in [0.15, 0.2) is 24.3 Å². The second-order valence-electron chi connectivity index (χ2n) is 5.41. The Morgan fingerprint density at radius 2 is 1.89 bits per heavy atom. The van der Waals surface area contributed by atoms with Crippen molar-refractivity contribution in [3.8, 4) is 0 Å². The molecule has 0 aliphatic heterocycles. The molecule has 0 radical (unpaired) electrons. The topological polar surface area (TPSA) is 29.3 Å². The van der Waals surface area contributed by atoms with Gasteiger partial charge in [0.1, 0.15) is 0 Å². The highest BCUT2D eigenvalue weighted by Crippen LogP contribution is 2.29. The van der Waals surface area contributed by atoms with Gasteiger partial charge in [0.05, 0.1) is 0 Å². The highest BCUT2D eigenvalue weighted by Gasteiger charge is 2.21. The number of nitrogens with two attached hydrogens (primary N) is 1. The average Bonchev–Trinajstić information content (AvgIpc) is 2.42. The summed E-state index contributed by atoms with van der Waals surface area (Å²) in [6.45, 7) is 4.11. The molecule has 1 fully saturated rings. The van der Waals surface area contributed by atoms with Crippen LogP contribution in [0.5, 0.6) is 0 Å². The minimum atomic E-state index is 0.728. The smallest absolute Gasteiger partial charge is 0.0398 e. The summed E-state index contributed by atoms with van der Waals surface area (Å²) in [6.07, 6.45) is 7.96. The van der Waals surface area contributed by atoms with Gasteiger partial charge in [-0.15, -0.1) is 0 Å². The molecule has 0 spiro atoms. The highest BCUT2D eigenvalue weighted by molar-refractivity contribution is 5.53. The van der Waals surface area contributed by atoms with Gasteiger partial charge in [0.2, 0.25) is 0 Å². The van der Waals surface area contributed by atoms with E-state index in [4.69, 9.17) is 5.73 Å². The summed E-state index contributed by atoms with van der Waals surface area (Å²) in [4.78, 5) is 2.61. The number of rotatable bonds is 5. The molecule has 2 N–H and O–H groups in total. The standard InChI is InChI=1S/C16H26N2/c1-14-8-5-6-11-16(14)18(13-7-12-17)15-9-3-2-4-10-15/h5-6,8,11,15H,2-4,7,9-10,12-13,17H2,1H3. The lowest BCUT2D eigenvalue weighted by Gasteiger charge is -2.37. The number of benzene rings is 1. The summed E-state index contributed by atoms with van der Waals surface area (Å²) in [5.74, 6) is 0. The molecule has 2 heteroatoms. The fraction of sp³-hybridized carbons (Fsp3) is 0.625. The molecule has 0 amide bonds. The van der Waals surface area contributed by atoms with E-state index in [1.807, 2.05) is 0 Å². The summed E-state index contributed by atoms with van der Waals surface area (Å²) < 4.78 is 0. The monoisotopic (exact) mass is 246 g/mol. The lowest BCUT2D eigenvalue weighted by Crippen LogP contribution is -2.38. The molecule has 1 aliphatic carbocycles. The van der Waals surface area contributed by atoms with E-state index < -0.39 is 0 Å². The van der Waals surface area contributed by atoms with Gasteiger partial charge >= 0.3 is 0 Å². The lowest BCUT2D eigenvalue weighted by atomic mass is 9.93. The Hall–Kier alpha value is -1.02. The van der Waals surface area contributed by atoms with Crippen molar-refractivity contribution in [2.75, 3.05) is 18.0 Å². The lowest BCUT2D eigenvalue weighted by molar-refractivity contribution is 0.412. The van der Waals surface area contributed by atoms with E-state index in [9.17, 15) is 0 Å². The van der Waals surface area contributed by atoms with Gasteiger partial charge in [-0.3, -0.25) is 0 Å². The van der Waals surface area contributed by atoms with Gasteiger partial charge < -0.3 is 10.6 Å². The van der Waals surface area contributed by atoms with E-state index in [0.717, 1.165) is 25.6 Å². The van der Waals surface area contributed by atoms with Crippen LogP contribution < -0.4 is 10.6 Å². The fourth-order valence-electron chi connectivity index (χ4n) is 3.04. The maximum absolute atomic E-state index is 5.70. The Bertz CT molecular complexity index is 356. The second kappa shape index (κ2) is 6.79. The zero-order valence-electron chi connectivity index (χ0n) is 11.6. The third-order valence-electron chi connectivity index (χ3n) is 4.04. The Balaban J connectivity index is 2.15. The molecule has 0 atom stereocenters. The van der Waals surface area contributed by atoms with Gasteiger partial charge in [-0.05, 0) is 44.4 Å². The molecule has 1 saturated carbocycles. The van der Waals surface area contributed by atoms with E-state index in [1.165, 1.54) is 43.4 Å². The molecule has 2 rings (SSSR count). The van der Waals surface area contributed by atoms with Gasteiger partial charge in [0.15, 0.2) is 0 Å². The molecular formula is C16H26N2. The number of aryl methyl sites for hydroxylation is 1. The van der Waals surface area contributed by atoms with Crippen LogP contribution in [0.2, 0.25) is 0 Å². The van der Waals surface area contributed by atoms with E-state index >= 15 is 0 Å². The number of para-hydroxylation sites is 1. The Labute approximate surface area is 111 Å². The van der Waals surface area contributed by atoms with Crippen molar-refractivity contribution in [3.05, 3.63) is 29.8 Å². The first-order valence-electron chi connectivity index (χ1n) is 7.35. The fourth-order valence-corrected chi connectivity index (χ4v) is 3.04. The van der Waals surface area contributed by atoms with Crippen LogP contribution in [0.25, 0.3) is 0 Å². The normalized spacial score (nSPS) is 16.8. The molecule has 0 aromatic heterocycles. The molecule has 1 aromatic carbocycles. The first kappa shape index (κ1) is 13.4. The minimum absolute atomic E-state index is 0.728. The molecule has 0 unspecified atom stereocenters. The van der Waals surface area contributed by atoms with E-state index in [1.54, 1.807) is 0 Å². The third-order valence-corrected chi connectivity index (χ3v) is 4.04. The van der Waals surface area contributed by atoms with Crippen molar-refractivity contribution in [2.45, 2.75) is 51.5 Å². The largest absolute Gasteiger partial charge is 0.368 e. The van der Waals surface area contributed by atoms with Crippen molar-refractivity contribution in [1.82, 2.24) is 0 Å². The molecule has 1 aliphatic rings. The summed E-state index contributed by atoms with van der Waals surface area (Å²) in [6, 6.07) is 9.49. The maximum Gasteiger partial charge on any atom is 0.0398 e. The SMILES string of the molecule is Cc1ccccc1N(CCCN)C1CCCCC1. The number of hydrogen-bond acceptors (Lipinski definition) is 2. The zero-order chi connectivity index (χ0) is 12.8. The molecule has 0 heterocycles. The Morgan fingerprint density at radius 3 is 2.56 bits per heavy atom. The first-order valence-corrected chi connectivity index (χ1v) is 7.35. The first-order chi connectivity index (χ1) is 8.83. The van der Waals surface area contributed by atoms with Crippen molar-refractivity contribution < 1.29 is 0 Å². The molecule has 2 nitrogen and oxygen atoms in total. The van der Waals surface area contributed by atoms with Crippen LogP contribution >= 0.6 is 0 Å². The van der Waals surface area contributed by atoms with Crippen LogP contribution in [-0.4, -0.2) is 19.1 Å². The van der Waals surface area contributed by atoms with Crippen LogP contribution in [0.1, 0.15) is 44.1 Å². The molecule has 0 saturated heterocycles. The number of anilines is 1. The van der Waals surface area contributed by atoms with Crippen LogP contribution in [0.4, 0.5) is 5.69 Å². The third kappa shape index (κ3) is 3.26. The predicted molar refractivity (Wildman–Crippen MR) is 79.1 cm³/mol. The van der Waals surface area contributed by atoms with Crippen molar-refractivity contribution >= 4 is 5.69 Å². The highest BCUT2D eigenvalue weighted by atomic mass is 15.2. The summed E-state index contributed by atoms with van der Waals surface area (Å²) in [5, 5.41) is 0. The van der Waals surface area contributed by atoms with Gasteiger partial charge in [-0.25, -0.2) is 0 Å². The van der Waals surface area contributed by atoms with Gasteiger partial charge in [0, 0.05) is 18.3 Å². The van der Waals surface area contributed by atoms with E-state index in [0.29, 0.717) is 0 Å². The second-order valence-corrected chi connectivity index (χ2v) is 5.41. The average molecular weight is 246 g/mol. The molecule has 0 bridgehead atoms. The van der Waals surface area contributed by atoms with Gasteiger partial charge in [0.25, 0.3) is 0 Å². The van der Waals surface area contributed by atoms with Crippen molar-refractivity contribution in [1.29, 1.82) is 0 Å². The maximum atomic E-state index is 5.70. The van der Waals surface area contributed by atoms with Crippen molar-refractivity contribution in [3.63, 3.8) is 0 Å². The van der Waals surface area contributed by atoms with Crippen LogP contribution in [0.3, 0.4) is 0 Å². The molecule has 18 heavy (non-hydrogen) atoms. The summed E-state index contributed by atoms with van der Waals surface area (Å²) in [5.41, 5.74) is 8.50. The Kier molecular flexibility index (Phi) is 5.06. The number of hydrogen-bond donors (Lipinski definition) is 1. The summed E-state index contributed by atoms with van der Waals surface area (Å²) in [7, 11) is 0. The minimum Gasteiger partial charge on any atom is -0.368 e. The Morgan fingerprint density at radius 1 is 1.17 bits per heavy atom. The number of nitrogens with zero attached hydrogens (tertiary/aromatic N) is 1. The zero-order valence-corrected chi connectivity index (χ0v) is 11.6. The quantitative estimate of drug-likeness (QED) is 0.862. The van der Waals surface area contributed by atoms with Gasteiger partial charge in [-0.2, -0.15) is 0 Å². The van der Waals surface area contributed by atoms with Gasteiger partial charge in [-0.1, -0.05) is 37.5 Å². The van der Waals surface area contributed by atoms with Crippen LogP contribution in [-0.2, 0) is 0 Å². The van der Waals surface area contributed by atoms with Crippen molar-refractivity contribution in [2.24, 2.45) is 5.73 Å². The van der Waals surface area contributed by atoms with E-state index in [-0.39, 0.29) is 0 Å². The summed E-state index contributed by atoms with van der Waals surface area (Å²) >= 11 is 0. The molecule has 100 valence electrons. The molecular weight excluding hydrogens is 220 g/mol. The van der Waals surface area contributed by atoms with Crippen LogP contribution in [0, 0.1) is 6.92 Å².